The summed E-state index contributed by atoms with van der Waals surface area (Å²) in [6, 6.07) is 9.71. The van der Waals surface area contributed by atoms with Crippen LogP contribution in [-0.2, 0) is 16.0 Å². The van der Waals surface area contributed by atoms with Gasteiger partial charge in [-0.3, -0.25) is 14.9 Å². The first-order valence-corrected chi connectivity index (χ1v) is 7.74. The van der Waals surface area contributed by atoms with Gasteiger partial charge in [-0.15, -0.1) is 0 Å². The molecule has 0 unspecified atom stereocenters. The summed E-state index contributed by atoms with van der Waals surface area (Å²) in [6.07, 6.45) is -0.322. The average Bonchev–Trinajstić information content (AvgIpc) is 3.18. The maximum Gasteiger partial charge on any atom is 0.433 e. The summed E-state index contributed by atoms with van der Waals surface area (Å²) >= 11 is 0. The molecule has 25 heavy (non-hydrogen) atoms. The molecule has 3 rings (SSSR count). The van der Waals surface area contributed by atoms with Gasteiger partial charge in [0.15, 0.2) is 6.10 Å². The molecule has 2 atom stereocenters. The zero-order chi connectivity index (χ0) is 18.1. The van der Waals surface area contributed by atoms with Crippen molar-refractivity contribution in [2.24, 2.45) is 0 Å². The number of para-hydroxylation sites is 1. The fourth-order valence-electron chi connectivity index (χ4n) is 2.90. The van der Waals surface area contributed by atoms with Crippen LogP contribution in [0.3, 0.4) is 0 Å². The third kappa shape index (κ3) is 3.10. The van der Waals surface area contributed by atoms with Crippen molar-refractivity contribution in [3.8, 4) is 0 Å². The molecule has 1 amide bonds. The predicted molar refractivity (Wildman–Crippen MR) is 87.3 cm³/mol. The molecule has 0 saturated carbocycles. The number of amides is 1. The maximum atomic E-state index is 12.7. The number of carbonyl (C=O) groups excluding carboxylic acids is 2. The summed E-state index contributed by atoms with van der Waals surface area (Å²) in [5.74, 6) is -2.16. The molecule has 2 heterocycles. The van der Waals surface area contributed by atoms with Crippen molar-refractivity contribution in [2.45, 2.75) is 32.4 Å². The second-order valence-corrected chi connectivity index (χ2v) is 5.83. The van der Waals surface area contributed by atoms with Crippen molar-refractivity contribution in [1.29, 1.82) is 0 Å². The van der Waals surface area contributed by atoms with Gasteiger partial charge in [-0.1, -0.05) is 18.2 Å². The number of nitro groups is 1. The highest BCUT2D eigenvalue weighted by Crippen LogP contribution is 2.32. The van der Waals surface area contributed by atoms with Crippen molar-refractivity contribution in [3.63, 3.8) is 0 Å². The normalized spacial score (nSPS) is 17.0. The van der Waals surface area contributed by atoms with Gasteiger partial charge in [0.05, 0.1) is 6.07 Å². The quantitative estimate of drug-likeness (QED) is 0.480. The Morgan fingerprint density at radius 1 is 1.32 bits per heavy atom. The van der Waals surface area contributed by atoms with Gasteiger partial charge in [0.1, 0.15) is 4.92 Å². The minimum Gasteiger partial charge on any atom is -0.447 e. The Kier molecular flexibility index (Phi) is 4.26. The van der Waals surface area contributed by atoms with E-state index in [1.165, 1.54) is 6.92 Å². The Hall–Kier alpha value is -3.16. The summed E-state index contributed by atoms with van der Waals surface area (Å²) in [5, 5.41) is 10.6. The van der Waals surface area contributed by atoms with Crippen molar-refractivity contribution >= 4 is 23.4 Å². The summed E-state index contributed by atoms with van der Waals surface area (Å²) < 4.78 is 9.91. The number of ether oxygens (including phenoxy) is 1. The van der Waals surface area contributed by atoms with E-state index in [-0.39, 0.29) is 17.7 Å². The molecule has 1 aliphatic rings. The molecule has 0 bridgehead atoms. The van der Waals surface area contributed by atoms with Gasteiger partial charge in [-0.2, -0.15) is 0 Å². The van der Waals surface area contributed by atoms with E-state index in [9.17, 15) is 19.7 Å². The molecule has 0 N–H and O–H groups in total. The number of fused-ring (bicyclic) bond motifs is 1. The number of benzene rings is 1. The number of hydrogen-bond acceptors (Lipinski definition) is 6. The number of furan rings is 1. The van der Waals surface area contributed by atoms with E-state index >= 15 is 0 Å². The molecule has 0 fully saturated rings. The van der Waals surface area contributed by atoms with Crippen LogP contribution in [0.15, 0.2) is 40.8 Å². The fraction of sp³-hybridized carbons (Fsp3) is 0.294. The van der Waals surface area contributed by atoms with Crippen LogP contribution in [0, 0.1) is 10.1 Å². The Morgan fingerprint density at radius 2 is 2.04 bits per heavy atom. The number of nitrogens with zero attached hydrogens (tertiary/aromatic N) is 2. The van der Waals surface area contributed by atoms with Gasteiger partial charge >= 0.3 is 11.9 Å². The lowest BCUT2D eigenvalue weighted by Crippen LogP contribution is -2.43. The zero-order valence-corrected chi connectivity index (χ0v) is 13.7. The van der Waals surface area contributed by atoms with E-state index in [2.05, 4.69) is 0 Å². The largest absolute Gasteiger partial charge is 0.447 e. The topological polar surface area (TPSA) is 103 Å². The van der Waals surface area contributed by atoms with E-state index in [0.717, 1.165) is 29.8 Å². The average molecular weight is 344 g/mol. The van der Waals surface area contributed by atoms with Crippen molar-refractivity contribution in [3.05, 3.63) is 57.8 Å². The molecule has 130 valence electrons. The first kappa shape index (κ1) is 16.7. The molecule has 0 spiro atoms. The monoisotopic (exact) mass is 344 g/mol. The van der Waals surface area contributed by atoms with Crippen LogP contribution in [-0.4, -0.2) is 28.9 Å². The minimum absolute atomic E-state index is 0.0456. The second kappa shape index (κ2) is 6.39. The first-order valence-electron chi connectivity index (χ1n) is 7.74. The minimum atomic E-state index is -1.05. The lowest BCUT2D eigenvalue weighted by Gasteiger charge is -2.25. The van der Waals surface area contributed by atoms with Gasteiger partial charge in [0, 0.05) is 11.7 Å². The van der Waals surface area contributed by atoms with Gasteiger partial charge in [-0.25, -0.2) is 4.79 Å². The molecule has 1 aromatic carbocycles. The summed E-state index contributed by atoms with van der Waals surface area (Å²) in [5.41, 5.74) is 1.86. The van der Waals surface area contributed by atoms with Crippen LogP contribution in [0.4, 0.5) is 11.6 Å². The van der Waals surface area contributed by atoms with Crippen LogP contribution in [0.1, 0.15) is 30.0 Å². The van der Waals surface area contributed by atoms with Crippen LogP contribution >= 0.6 is 0 Å². The molecule has 8 nitrogen and oxygen atoms in total. The highest BCUT2D eigenvalue weighted by Gasteiger charge is 2.35. The fourth-order valence-corrected chi connectivity index (χ4v) is 2.90. The molecular weight excluding hydrogens is 328 g/mol. The highest BCUT2D eigenvalue weighted by atomic mass is 16.7. The number of esters is 1. The Balaban J connectivity index is 1.72. The number of rotatable bonds is 4. The Morgan fingerprint density at radius 3 is 2.72 bits per heavy atom. The molecule has 0 radical (unpaired) electrons. The lowest BCUT2D eigenvalue weighted by atomic mass is 10.1. The van der Waals surface area contributed by atoms with Crippen LogP contribution < -0.4 is 4.90 Å². The summed E-state index contributed by atoms with van der Waals surface area (Å²) in [4.78, 5) is 36.2. The van der Waals surface area contributed by atoms with E-state index in [0.29, 0.717) is 0 Å². The van der Waals surface area contributed by atoms with E-state index < -0.39 is 22.9 Å². The van der Waals surface area contributed by atoms with Crippen LogP contribution in [0.25, 0.3) is 0 Å². The van der Waals surface area contributed by atoms with Crippen molar-refractivity contribution in [1.82, 2.24) is 0 Å². The molecular formula is C17H16N2O6. The summed E-state index contributed by atoms with van der Waals surface area (Å²) in [7, 11) is 0. The molecule has 0 aliphatic carbocycles. The lowest BCUT2D eigenvalue weighted by molar-refractivity contribution is -0.402. The molecule has 1 aliphatic heterocycles. The molecule has 8 heteroatoms. The SMILES string of the molecule is C[C@H](OC(=O)c1ccc([N+](=O)[O-])o1)C(=O)N1c2ccccc2C[C@@H]1C. The van der Waals surface area contributed by atoms with Crippen molar-refractivity contribution in [2.75, 3.05) is 4.90 Å². The highest BCUT2D eigenvalue weighted by molar-refractivity contribution is 6.00. The maximum absolute atomic E-state index is 12.7. The first-order chi connectivity index (χ1) is 11.9. The second-order valence-electron chi connectivity index (χ2n) is 5.83. The van der Waals surface area contributed by atoms with Gasteiger partial charge in [0.2, 0.25) is 5.76 Å². The van der Waals surface area contributed by atoms with E-state index in [4.69, 9.17) is 9.15 Å². The Bertz CT molecular complexity index is 843. The molecule has 2 aromatic rings. The molecule has 1 aromatic heterocycles. The number of hydrogen-bond donors (Lipinski definition) is 0. The Labute approximate surface area is 143 Å². The van der Waals surface area contributed by atoms with Crippen molar-refractivity contribution < 1.29 is 23.7 Å². The number of anilines is 1. The van der Waals surface area contributed by atoms with E-state index in [1.54, 1.807) is 4.90 Å². The van der Waals surface area contributed by atoms with Crippen LogP contribution in [0.5, 0.6) is 0 Å². The predicted octanol–water partition coefficient (Wildman–Crippen LogP) is 2.71. The van der Waals surface area contributed by atoms with E-state index in [1.807, 2.05) is 31.2 Å². The van der Waals surface area contributed by atoms with Gasteiger partial charge in [-0.05, 0) is 38.0 Å². The number of carbonyl (C=O) groups is 2. The standard InChI is InChI=1S/C17H16N2O6/c1-10-9-12-5-3-4-6-13(12)18(10)16(20)11(2)24-17(21)14-7-8-15(25-14)19(22)23/h3-8,10-11H,9H2,1-2H3/t10-,11-/m0/s1. The third-order valence-corrected chi connectivity index (χ3v) is 4.05. The molecule has 0 saturated heterocycles. The van der Waals surface area contributed by atoms with Gasteiger partial charge < -0.3 is 14.1 Å². The summed E-state index contributed by atoms with van der Waals surface area (Å²) in [6.45, 7) is 3.38. The van der Waals surface area contributed by atoms with Gasteiger partial charge in [0.25, 0.3) is 5.91 Å². The zero-order valence-electron chi connectivity index (χ0n) is 13.7. The smallest absolute Gasteiger partial charge is 0.433 e. The van der Waals surface area contributed by atoms with Crippen LogP contribution in [0.2, 0.25) is 0 Å². The third-order valence-electron chi connectivity index (χ3n) is 4.05.